The van der Waals surface area contributed by atoms with Gasteiger partial charge >= 0.3 is 11.9 Å². The van der Waals surface area contributed by atoms with Crippen LogP contribution < -0.4 is 14.8 Å². The van der Waals surface area contributed by atoms with Crippen LogP contribution in [0.2, 0.25) is 0 Å². The highest BCUT2D eigenvalue weighted by Gasteiger charge is 2.26. The van der Waals surface area contributed by atoms with Gasteiger partial charge in [0.15, 0.2) is 11.6 Å². The van der Waals surface area contributed by atoms with Crippen LogP contribution in [-0.4, -0.2) is 31.1 Å². The van der Waals surface area contributed by atoms with Crippen LogP contribution >= 0.6 is 0 Å². The molecule has 3 aromatic rings. The quantitative estimate of drug-likeness (QED) is 0.281. The molecule has 1 heterocycles. The Morgan fingerprint density at radius 2 is 1.83 bits per heavy atom. The molecule has 6 nitrogen and oxygen atoms in total. The lowest BCUT2D eigenvalue weighted by molar-refractivity contribution is -0.139. The highest BCUT2D eigenvalue weighted by atomic mass is 19.2. The lowest BCUT2D eigenvalue weighted by Gasteiger charge is -2.11. The largest absolute Gasteiger partial charge is 0.489 e. The maximum absolute atomic E-state index is 14.0. The maximum atomic E-state index is 14.0. The summed E-state index contributed by atoms with van der Waals surface area (Å²) in [5.41, 5.74) is 1.99. The van der Waals surface area contributed by atoms with E-state index in [1.807, 2.05) is 0 Å². The van der Waals surface area contributed by atoms with E-state index in [2.05, 4.69) is 11.2 Å². The molecule has 1 fully saturated rings. The summed E-state index contributed by atoms with van der Waals surface area (Å²) in [6.07, 6.45) is 6.64. The third kappa shape index (κ3) is 6.06. The second kappa shape index (κ2) is 11.5. The van der Waals surface area contributed by atoms with Gasteiger partial charge in [-0.1, -0.05) is 30.2 Å². The summed E-state index contributed by atoms with van der Waals surface area (Å²) in [5.74, 6) is -0.942. The smallest absolute Gasteiger partial charge is 0.345 e. The summed E-state index contributed by atoms with van der Waals surface area (Å²) >= 11 is 0. The third-order valence-electron chi connectivity index (χ3n) is 5.60. The number of carbonyl (C=O) groups is 2. The minimum atomic E-state index is -1.10. The molecule has 1 N–H and O–H groups in total. The van der Waals surface area contributed by atoms with E-state index in [0.717, 1.165) is 19.0 Å². The highest BCUT2D eigenvalue weighted by molar-refractivity contribution is 5.98. The number of hydrogen-bond acceptors (Lipinski definition) is 6. The van der Waals surface area contributed by atoms with Gasteiger partial charge in [0, 0.05) is 0 Å². The first-order chi connectivity index (χ1) is 17.4. The zero-order valence-corrected chi connectivity index (χ0v) is 19.3. The summed E-state index contributed by atoms with van der Waals surface area (Å²) < 4.78 is 43.8. The molecule has 4 rings (SSSR count). The first-order valence-electron chi connectivity index (χ1n) is 11.3. The van der Waals surface area contributed by atoms with Crippen LogP contribution in [0.25, 0.3) is 11.1 Å². The van der Waals surface area contributed by atoms with Gasteiger partial charge in [0.05, 0.1) is 5.56 Å². The normalized spacial score (nSPS) is 14.6. The highest BCUT2D eigenvalue weighted by Crippen LogP contribution is 2.30. The molecule has 0 unspecified atom stereocenters. The zero-order valence-electron chi connectivity index (χ0n) is 19.3. The fourth-order valence-electron chi connectivity index (χ4n) is 3.76. The Labute approximate surface area is 207 Å². The van der Waals surface area contributed by atoms with Gasteiger partial charge < -0.3 is 19.5 Å². The van der Waals surface area contributed by atoms with Crippen molar-refractivity contribution in [2.24, 2.45) is 0 Å². The Balaban J connectivity index is 1.38. The molecule has 0 aromatic heterocycles. The van der Waals surface area contributed by atoms with Gasteiger partial charge in [0.25, 0.3) is 0 Å². The Bertz CT molecular complexity index is 1290. The summed E-state index contributed by atoms with van der Waals surface area (Å²) in [4.78, 5) is 24.4. The molecule has 0 amide bonds. The number of esters is 2. The zero-order chi connectivity index (χ0) is 25.5. The van der Waals surface area contributed by atoms with Gasteiger partial charge in [-0.3, -0.25) is 0 Å². The molecule has 36 heavy (non-hydrogen) atoms. The lowest BCUT2D eigenvalue weighted by atomic mass is 10.0. The molecule has 0 aliphatic carbocycles. The van der Waals surface area contributed by atoms with E-state index >= 15 is 0 Å². The van der Waals surface area contributed by atoms with Crippen LogP contribution in [0.15, 0.2) is 60.7 Å². The van der Waals surface area contributed by atoms with Crippen LogP contribution in [0.1, 0.15) is 28.8 Å². The van der Waals surface area contributed by atoms with E-state index in [9.17, 15) is 18.4 Å². The molecule has 3 aromatic carbocycles. The Kier molecular flexibility index (Phi) is 7.93. The van der Waals surface area contributed by atoms with Gasteiger partial charge in [0.2, 0.25) is 5.82 Å². The van der Waals surface area contributed by atoms with E-state index in [-0.39, 0.29) is 24.5 Å². The van der Waals surface area contributed by atoms with Crippen molar-refractivity contribution >= 4 is 11.9 Å². The van der Waals surface area contributed by atoms with E-state index in [4.69, 9.17) is 20.6 Å². The van der Waals surface area contributed by atoms with Gasteiger partial charge in [-0.25, -0.2) is 14.0 Å². The fourth-order valence-corrected chi connectivity index (χ4v) is 3.76. The lowest BCUT2D eigenvalue weighted by Crippen LogP contribution is -2.33. The van der Waals surface area contributed by atoms with Crippen molar-refractivity contribution in [2.45, 2.75) is 25.5 Å². The van der Waals surface area contributed by atoms with E-state index in [1.165, 1.54) is 6.07 Å². The van der Waals surface area contributed by atoms with Crippen molar-refractivity contribution in [1.29, 1.82) is 0 Å². The van der Waals surface area contributed by atoms with E-state index in [1.54, 1.807) is 48.5 Å². The molecule has 0 saturated carbocycles. The second-order valence-corrected chi connectivity index (χ2v) is 8.13. The number of hydrogen-bond donors (Lipinski definition) is 1. The molecule has 8 heteroatoms. The van der Waals surface area contributed by atoms with Gasteiger partial charge in [0.1, 0.15) is 25.0 Å². The molecule has 0 radical (unpaired) electrons. The predicted molar refractivity (Wildman–Crippen MR) is 128 cm³/mol. The number of terminal acetylenes is 1. The third-order valence-corrected chi connectivity index (χ3v) is 5.60. The average Bonchev–Trinajstić information content (AvgIpc) is 3.44. The van der Waals surface area contributed by atoms with Crippen LogP contribution in [0.4, 0.5) is 8.78 Å². The van der Waals surface area contributed by atoms with Crippen molar-refractivity contribution in [1.82, 2.24) is 5.32 Å². The minimum absolute atomic E-state index is 0.161. The van der Waals surface area contributed by atoms with Crippen molar-refractivity contribution in [3.63, 3.8) is 0 Å². The number of carbonyl (C=O) groups excluding carboxylic acids is 2. The Morgan fingerprint density at radius 3 is 2.56 bits per heavy atom. The van der Waals surface area contributed by atoms with Crippen LogP contribution in [-0.2, 0) is 16.1 Å². The summed E-state index contributed by atoms with van der Waals surface area (Å²) in [6.45, 7) is 0.706. The molecule has 0 spiro atoms. The van der Waals surface area contributed by atoms with Crippen molar-refractivity contribution < 1.29 is 32.6 Å². The van der Waals surface area contributed by atoms with Crippen LogP contribution in [0.3, 0.4) is 0 Å². The molecule has 0 bridgehead atoms. The monoisotopic (exact) mass is 491 g/mol. The first kappa shape index (κ1) is 24.9. The maximum Gasteiger partial charge on any atom is 0.345 e. The standard InChI is InChI=1S/C28H23F2NO5/c1-2-13-34-25-16-21(15-23(29)26(25)30)19-8-10-22(11-9-19)35-17-18-5-3-6-20(14-18)27(32)36-28(33)24-7-4-12-31-24/h1,3,5-6,8-11,14-16,24,31H,4,7,12-13,17H2/t24-/m0/s1. The van der Waals surface area contributed by atoms with Crippen molar-refractivity contribution in [3.8, 4) is 35.0 Å². The number of benzene rings is 3. The molecule has 1 saturated heterocycles. The number of rotatable bonds is 8. The van der Waals surface area contributed by atoms with Gasteiger partial charge in [-0.2, -0.15) is 4.39 Å². The number of nitrogens with one attached hydrogen (secondary N) is 1. The van der Waals surface area contributed by atoms with Crippen molar-refractivity contribution in [3.05, 3.63) is 83.4 Å². The van der Waals surface area contributed by atoms with Gasteiger partial charge in [-0.05, 0) is 72.5 Å². The minimum Gasteiger partial charge on any atom is -0.489 e. The molecule has 184 valence electrons. The second-order valence-electron chi connectivity index (χ2n) is 8.13. The summed E-state index contributed by atoms with van der Waals surface area (Å²) in [6, 6.07) is 15.4. The van der Waals surface area contributed by atoms with E-state index < -0.39 is 29.6 Å². The van der Waals surface area contributed by atoms with Crippen LogP contribution in [0.5, 0.6) is 11.5 Å². The van der Waals surface area contributed by atoms with Crippen LogP contribution in [0, 0.1) is 24.0 Å². The summed E-state index contributed by atoms with van der Waals surface area (Å²) in [5, 5.41) is 3.00. The number of halogens is 2. The number of ether oxygens (including phenoxy) is 3. The SMILES string of the molecule is C#CCOc1cc(-c2ccc(OCc3cccc(C(=O)OC(=O)[C@@H]4CCCN4)c3)cc2)cc(F)c1F. The Hall–Kier alpha value is -4.22. The fraction of sp³-hybridized carbons (Fsp3) is 0.214. The van der Waals surface area contributed by atoms with Gasteiger partial charge in [-0.15, -0.1) is 6.42 Å². The topological polar surface area (TPSA) is 73.9 Å². The molecule has 1 aliphatic heterocycles. The average molecular weight is 491 g/mol. The Morgan fingerprint density at radius 1 is 1.03 bits per heavy atom. The predicted octanol–water partition coefficient (Wildman–Crippen LogP) is 4.66. The molecule has 1 aliphatic rings. The molecule has 1 atom stereocenters. The summed E-state index contributed by atoms with van der Waals surface area (Å²) in [7, 11) is 0. The molecular formula is C28H23F2NO5. The van der Waals surface area contributed by atoms with Crippen molar-refractivity contribution in [2.75, 3.05) is 13.2 Å². The molecular weight excluding hydrogens is 468 g/mol. The van der Waals surface area contributed by atoms with E-state index in [0.29, 0.717) is 28.9 Å². The first-order valence-corrected chi connectivity index (χ1v) is 11.3.